The second-order valence-electron chi connectivity index (χ2n) is 9.55. The summed E-state index contributed by atoms with van der Waals surface area (Å²) in [6.45, 7) is 1.56. The number of nitrogens with one attached hydrogen (secondary N) is 1. The average molecular weight is 591 g/mol. The molecule has 1 N–H and O–H groups in total. The maximum atomic E-state index is 12.9. The molecule has 0 bridgehead atoms. The van der Waals surface area contributed by atoms with Crippen LogP contribution in [0, 0.1) is 0 Å². The standard InChI is InChI=1S/C27H26N8O4S2/c1-33-19-24(17-30-33)41(38,39)35-11-9-34(10-12-35)27-18-29-25-8-7-20(14-26(25)31-27)21-13-22(16-28-15-21)32-40(36,37)23-5-3-2-4-6-23/h2-8,13-19,32H,9-12H2,1H3. The molecule has 4 heterocycles. The van der Waals surface area contributed by atoms with E-state index < -0.39 is 20.0 Å². The lowest BCUT2D eigenvalue weighted by molar-refractivity contribution is 0.384. The molecule has 1 aliphatic heterocycles. The Kier molecular flexibility index (Phi) is 6.89. The molecule has 41 heavy (non-hydrogen) atoms. The van der Waals surface area contributed by atoms with Gasteiger partial charge in [-0.05, 0) is 35.9 Å². The Labute approximate surface area is 237 Å². The molecule has 1 saturated heterocycles. The van der Waals surface area contributed by atoms with Crippen LogP contribution in [-0.2, 0) is 27.1 Å². The zero-order chi connectivity index (χ0) is 28.6. The van der Waals surface area contributed by atoms with Crippen LogP contribution < -0.4 is 9.62 Å². The number of pyridine rings is 1. The van der Waals surface area contributed by atoms with E-state index in [0.717, 1.165) is 5.56 Å². The number of benzene rings is 2. The lowest BCUT2D eigenvalue weighted by Gasteiger charge is -2.34. The van der Waals surface area contributed by atoms with Crippen molar-refractivity contribution in [3.63, 3.8) is 0 Å². The number of rotatable bonds is 7. The molecule has 0 spiro atoms. The van der Waals surface area contributed by atoms with E-state index in [9.17, 15) is 16.8 Å². The third kappa shape index (κ3) is 5.49. The van der Waals surface area contributed by atoms with Crippen molar-refractivity contribution < 1.29 is 16.8 Å². The minimum Gasteiger partial charge on any atom is -0.353 e. The van der Waals surface area contributed by atoms with E-state index >= 15 is 0 Å². The van der Waals surface area contributed by atoms with Gasteiger partial charge in [0.05, 0.1) is 40.2 Å². The highest BCUT2D eigenvalue weighted by Crippen LogP contribution is 2.27. The zero-order valence-electron chi connectivity index (χ0n) is 22.0. The Balaban J connectivity index is 1.20. The summed E-state index contributed by atoms with van der Waals surface area (Å²) >= 11 is 0. The minimum absolute atomic E-state index is 0.161. The predicted molar refractivity (Wildman–Crippen MR) is 154 cm³/mol. The largest absolute Gasteiger partial charge is 0.353 e. The number of sulfonamides is 2. The van der Waals surface area contributed by atoms with Crippen LogP contribution in [0.3, 0.4) is 0 Å². The van der Waals surface area contributed by atoms with E-state index in [0.29, 0.717) is 54.3 Å². The van der Waals surface area contributed by atoms with Crippen LogP contribution in [0.1, 0.15) is 0 Å². The number of aromatic nitrogens is 5. The fourth-order valence-electron chi connectivity index (χ4n) is 4.64. The van der Waals surface area contributed by atoms with Crippen LogP contribution in [0.4, 0.5) is 11.5 Å². The summed E-state index contributed by atoms with van der Waals surface area (Å²) in [7, 11) is -5.68. The summed E-state index contributed by atoms with van der Waals surface area (Å²) in [5, 5.41) is 3.98. The molecule has 14 heteroatoms. The first-order chi connectivity index (χ1) is 19.7. The summed E-state index contributed by atoms with van der Waals surface area (Å²) in [6, 6.07) is 15.5. The van der Waals surface area contributed by atoms with Gasteiger partial charge >= 0.3 is 0 Å². The van der Waals surface area contributed by atoms with Crippen LogP contribution in [0.2, 0.25) is 0 Å². The number of nitrogens with zero attached hydrogens (tertiary/aromatic N) is 7. The molecule has 210 valence electrons. The molecule has 2 aromatic carbocycles. The molecule has 0 unspecified atom stereocenters. The fourth-order valence-corrected chi connectivity index (χ4v) is 7.10. The van der Waals surface area contributed by atoms with Crippen LogP contribution >= 0.6 is 0 Å². The quantitative estimate of drug-likeness (QED) is 0.303. The molecule has 0 saturated carbocycles. The maximum Gasteiger partial charge on any atom is 0.261 e. The van der Waals surface area contributed by atoms with Crippen LogP contribution in [0.25, 0.3) is 22.2 Å². The number of hydrogen-bond acceptors (Lipinski definition) is 9. The maximum absolute atomic E-state index is 12.9. The molecule has 1 aliphatic rings. The smallest absolute Gasteiger partial charge is 0.261 e. The van der Waals surface area contributed by atoms with E-state index in [-0.39, 0.29) is 9.79 Å². The van der Waals surface area contributed by atoms with Gasteiger partial charge in [-0.15, -0.1) is 0 Å². The molecule has 1 fully saturated rings. The van der Waals surface area contributed by atoms with Gasteiger partial charge in [0.1, 0.15) is 10.7 Å². The van der Waals surface area contributed by atoms with Crippen molar-refractivity contribution >= 4 is 42.6 Å². The molecule has 12 nitrogen and oxygen atoms in total. The van der Waals surface area contributed by atoms with Crippen molar-refractivity contribution in [1.82, 2.24) is 29.0 Å². The van der Waals surface area contributed by atoms with Gasteiger partial charge in [0.15, 0.2) is 0 Å². The number of hydrogen-bond donors (Lipinski definition) is 1. The molecule has 0 aliphatic carbocycles. The van der Waals surface area contributed by atoms with Gasteiger partial charge in [-0.1, -0.05) is 24.3 Å². The van der Waals surface area contributed by atoms with E-state index in [1.54, 1.807) is 43.7 Å². The lowest BCUT2D eigenvalue weighted by atomic mass is 10.1. The van der Waals surface area contributed by atoms with Gasteiger partial charge < -0.3 is 4.90 Å². The summed E-state index contributed by atoms with van der Waals surface area (Å²) in [6.07, 6.45) is 7.65. The Morgan fingerprint density at radius 1 is 0.780 bits per heavy atom. The zero-order valence-corrected chi connectivity index (χ0v) is 23.6. The highest BCUT2D eigenvalue weighted by atomic mass is 32.2. The van der Waals surface area contributed by atoms with Crippen molar-refractivity contribution in [2.24, 2.45) is 7.05 Å². The molecule has 6 rings (SSSR count). The Hall–Kier alpha value is -4.40. The van der Waals surface area contributed by atoms with Gasteiger partial charge in [-0.2, -0.15) is 9.40 Å². The molecular weight excluding hydrogens is 564 g/mol. The van der Waals surface area contributed by atoms with Gasteiger partial charge in [0.2, 0.25) is 10.0 Å². The minimum atomic E-state index is -3.76. The molecule has 5 aromatic rings. The van der Waals surface area contributed by atoms with Crippen molar-refractivity contribution in [2.75, 3.05) is 35.8 Å². The fraction of sp³-hybridized carbons (Fsp3) is 0.185. The topological polar surface area (TPSA) is 143 Å². The van der Waals surface area contributed by atoms with E-state index in [4.69, 9.17) is 4.98 Å². The molecular formula is C27H26N8O4S2. The van der Waals surface area contributed by atoms with Crippen molar-refractivity contribution in [3.05, 3.63) is 85.6 Å². The average Bonchev–Trinajstić information content (AvgIpc) is 3.44. The lowest BCUT2D eigenvalue weighted by Crippen LogP contribution is -2.48. The Morgan fingerprint density at radius 3 is 2.29 bits per heavy atom. The number of anilines is 2. The number of fused-ring (bicyclic) bond motifs is 1. The van der Waals surface area contributed by atoms with E-state index in [1.807, 2.05) is 23.1 Å². The molecule has 0 amide bonds. The van der Waals surface area contributed by atoms with Gasteiger partial charge in [-0.3, -0.25) is 19.4 Å². The van der Waals surface area contributed by atoms with E-state index in [2.05, 4.69) is 19.8 Å². The summed E-state index contributed by atoms with van der Waals surface area (Å²) in [4.78, 5) is 15.9. The summed E-state index contributed by atoms with van der Waals surface area (Å²) in [5.74, 6) is 0.649. The Bertz CT molecular complexity index is 1940. The van der Waals surface area contributed by atoms with Gasteiger partial charge in [0, 0.05) is 51.2 Å². The summed E-state index contributed by atoms with van der Waals surface area (Å²) < 4.78 is 56.9. The third-order valence-corrected chi connectivity index (χ3v) is 10.0. The molecule has 3 aromatic heterocycles. The third-order valence-electron chi connectivity index (χ3n) is 6.79. The normalized spacial score (nSPS) is 14.8. The number of piperazine rings is 1. The predicted octanol–water partition coefficient (Wildman–Crippen LogP) is 2.74. The van der Waals surface area contributed by atoms with Crippen LogP contribution in [0.15, 0.2) is 95.4 Å². The van der Waals surface area contributed by atoms with Crippen molar-refractivity contribution in [1.29, 1.82) is 0 Å². The molecule has 0 radical (unpaired) electrons. The van der Waals surface area contributed by atoms with Crippen molar-refractivity contribution in [2.45, 2.75) is 9.79 Å². The van der Waals surface area contributed by atoms with Crippen LogP contribution in [-0.4, -0.2) is 72.1 Å². The SMILES string of the molecule is Cn1cc(S(=O)(=O)N2CCN(c3cnc4ccc(-c5cncc(NS(=O)(=O)c6ccccc6)c5)cc4n3)CC2)cn1. The Morgan fingerprint density at radius 2 is 1.56 bits per heavy atom. The monoisotopic (exact) mass is 590 g/mol. The highest BCUT2D eigenvalue weighted by Gasteiger charge is 2.30. The second-order valence-corrected chi connectivity index (χ2v) is 13.2. The molecule has 0 atom stereocenters. The highest BCUT2D eigenvalue weighted by molar-refractivity contribution is 7.92. The second kappa shape index (κ2) is 10.5. The first kappa shape index (κ1) is 26.8. The number of aryl methyl sites for hydroxylation is 1. The summed E-state index contributed by atoms with van der Waals surface area (Å²) in [5.41, 5.74) is 3.20. The van der Waals surface area contributed by atoms with Crippen molar-refractivity contribution in [3.8, 4) is 11.1 Å². The van der Waals surface area contributed by atoms with E-state index in [1.165, 1.54) is 39.7 Å². The van der Waals surface area contributed by atoms with Gasteiger partial charge in [-0.25, -0.2) is 21.8 Å². The van der Waals surface area contributed by atoms with Crippen LogP contribution in [0.5, 0.6) is 0 Å². The van der Waals surface area contributed by atoms with Gasteiger partial charge in [0.25, 0.3) is 10.0 Å². The first-order valence-corrected chi connectivity index (χ1v) is 15.7. The first-order valence-electron chi connectivity index (χ1n) is 12.7.